The van der Waals surface area contributed by atoms with Crippen LogP contribution in [0.4, 0.5) is 4.79 Å². The second-order valence-electron chi connectivity index (χ2n) is 12.1. The predicted molar refractivity (Wildman–Crippen MR) is 168 cm³/mol. The van der Waals surface area contributed by atoms with Gasteiger partial charge in [-0.25, -0.2) is 13.2 Å². The summed E-state index contributed by atoms with van der Waals surface area (Å²) in [6.07, 6.45) is -3.78. The van der Waals surface area contributed by atoms with Gasteiger partial charge in [0.1, 0.15) is 18.5 Å². The molecule has 2 fully saturated rings. The number of sulfonamides is 1. The molecule has 4 rings (SSSR count). The van der Waals surface area contributed by atoms with Crippen LogP contribution >= 0.6 is 0 Å². The third-order valence-electron chi connectivity index (χ3n) is 7.92. The van der Waals surface area contributed by atoms with Crippen LogP contribution in [0.5, 0.6) is 5.75 Å². The second-order valence-corrected chi connectivity index (χ2v) is 14.0. The monoisotopic (exact) mass is 663 g/mol. The molecule has 0 saturated carbocycles. The number of nitrogens with one attached hydrogen (secondary N) is 1. The molecular formula is C32H45N3O10S. The molecule has 0 aromatic heterocycles. The number of amides is 2. The van der Waals surface area contributed by atoms with E-state index in [-0.39, 0.29) is 56.1 Å². The van der Waals surface area contributed by atoms with Crippen molar-refractivity contribution in [3.8, 4) is 5.75 Å². The zero-order chi connectivity index (χ0) is 33.4. The molecule has 46 heavy (non-hydrogen) atoms. The highest BCUT2D eigenvalue weighted by molar-refractivity contribution is 7.89. The van der Waals surface area contributed by atoms with Crippen molar-refractivity contribution >= 4 is 22.0 Å². The van der Waals surface area contributed by atoms with Gasteiger partial charge in [-0.3, -0.25) is 4.79 Å². The van der Waals surface area contributed by atoms with Crippen LogP contribution in [0.1, 0.15) is 19.4 Å². The van der Waals surface area contributed by atoms with Crippen molar-refractivity contribution in [2.75, 3.05) is 54.1 Å². The zero-order valence-electron chi connectivity index (χ0n) is 26.9. The SMILES string of the molecule is COc1ccc(S(=O)(=O)N(CC(C)C)C[C@@H](O)[C@H](Cc2ccccc2)NC(=O)O[C@H]2CO[C@H]3OC[C@H](OCC(=O)N(C)C)[C@H]32)cc1. The molecular weight excluding hydrogens is 618 g/mol. The molecule has 2 aliphatic rings. The number of alkyl carbamates (subject to hydrolysis) is 1. The highest BCUT2D eigenvalue weighted by Gasteiger charge is 2.51. The molecule has 2 aromatic carbocycles. The number of benzene rings is 2. The number of hydrogen-bond acceptors (Lipinski definition) is 10. The van der Waals surface area contributed by atoms with Crippen molar-refractivity contribution in [3.63, 3.8) is 0 Å². The number of rotatable bonds is 15. The van der Waals surface area contributed by atoms with Gasteiger partial charge in [0.25, 0.3) is 0 Å². The highest BCUT2D eigenvalue weighted by Crippen LogP contribution is 2.35. The standard InChI is InChI=1S/C32H45N3O10S/c1-21(2)16-35(46(39,40)24-13-11-23(41-5)12-14-24)17-26(36)25(15-22-9-7-6-8-10-22)33-32(38)45-28-19-44-31-30(28)27(18-43-31)42-20-29(37)34(3)4/h6-14,21,25-28,30-31,36H,15-20H2,1-5H3,(H,33,38)/t25-,26+,27-,28-,30-,31+/m0/s1. The number of aliphatic hydroxyl groups is 1. The summed E-state index contributed by atoms with van der Waals surface area (Å²) in [5.41, 5.74) is 0.827. The summed E-state index contributed by atoms with van der Waals surface area (Å²) < 4.78 is 56.7. The van der Waals surface area contributed by atoms with Gasteiger partial charge in [-0.05, 0) is 42.2 Å². The van der Waals surface area contributed by atoms with Crippen LogP contribution in [0.2, 0.25) is 0 Å². The summed E-state index contributed by atoms with van der Waals surface area (Å²) in [4.78, 5) is 26.8. The van der Waals surface area contributed by atoms with Gasteiger partial charge >= 0.3 is 6.09 Å². The van der Waals surface area contributed by atoms with Crippen molar-refractivity contribution in [1.82, 2.24) is 14.5 Å². The minimum absolute atomic E-state index is 0.0437. The topological polar surface area (TPSA) is 153 Å². The first-order valence-corrected chi connectivity index (χ1v) is 16.7. The van der Waals surface area contributed by atoms with Gasteiger partial charge in [0.15, 0.2) is 6.29 Å². The minimum atomic E-state index is -4.00. The molecule has 0 unspecified atom stereocenters. The molecule has 2 heterocycles. The van der Waals surface area contributed by atoms with E-state index in [0.29, 0.717) is 5.75 Å². The molecule has 2 aromatic rings. The van der Waals surface area contributed by atoms with Crippen LogP contribution in [0, 0.1) is 11.8 Å². The lowest BCUT2D eigenvalue weighted by atomic mass is 10.00. The van der Waals surface area contributed by atoms with Crippen LogP contribution in [-0.2, 0) is 40.2 Å². The van der Waals surface area contributed by atoms with Crippen molar-refractivity contribution in [3.05, 3.63) is 60.2 Å². The Balaban J connectivity index is 1.48. The Morgan fingerprint density at radius 3 is 2.26 bits per heavy atom. The first kappa shape index (κ1) is 35.6. The van der Waals surface area contributed by atoms with Gasteiger partial charge < -0.3 is 39.0 Å². The third kappa shape index (κ3) is 9.17. The molecule has 6 atom stereocenters. The first-order valence-electron chi connectivity index (χ1n) is 15.3. The largest absolute Gasteiger partial charge is 0.497 e. The van der Waals surface area contributed by atoms with E-state index in [1.807, 2.05) is 44.2 Å². The van der Waals surface area contributed by atoms with Crippen molar-refractivity contribution in [1.29, 1.82) is 0 Å². The van der Waals surface area contributed by atoms with E-state index in [0.717, 1.165) is 5.56 Å². The van der Waals surface area contributed by atoms with Crippen molar-refractivity contribution < 1.29 is 46.8 Å². The lowest BCUT2D eigenvalue weighted by molar-refractivity contribution is -0.137. The molecule has 254 valence electrons. The summed E-state index contributed by atoms with van der Waals surface area (Å²) >= 11 is 0. The Morgan fingerprint density at radius 2 is 1.65 bits per heavy atom. The third-order valence-corrected chi connectivity index (χ3v) is 9.77. The zero-order valence-corrected chi connectivity index (χ0v) is 27.7. The average molecular weight is 664 g/mol. The lowest BCUT2D eigenvalue weighted by Crippen LogP contribution is -2.52. The lowest BCUT2D eigenvalue weighted by Gasteiger charge is -2.31. The van der Waals surface area contributed by atoms with E-state index in [1.165, 1.54) is 28.4 Å². The van der Waals surface area contributed by atoms with E-state index >= 15 is 0 Å². The number of carbonyl (C=O) groups excluding carboxylic acids is 2. The van der Waals surface area contributed by atoms with E-state index in [4.69, 9.17) is 23.7 Å². The second kappa shape index (κ2) is 16.0. The summed E-state index contributed by atoms with van der Waals surface area (Å²) in [7, 11) is 0.757. The molecule has 2 N–H and O–H groups in total. The molecule has 0 spiro atoms. The fourth-order valence-corrected chi connectivity index (χ4v) is 7.05. The number of carbonyl (C=O) groups is 2. The molecule has 0 radical (unpaired) electrons. The molecule has 2 aliphatic heterocycles. The number of aliphatic hydroxyl groups excluding tert-OH is 1. The normalized spacial score (nSPS) is 22.3. The number of hydrogen-bond donors (Lipinski definition) is 2. The van der Waals surface area contributed by atoms with E-state index < -0.39 is 52.7 Å². The van der Waals surface area contributed by atoms with Gasteiger partial charge in [-0.1, -0.05) is 44.2 Å². The fourth-order valence-electron chi connectivity index (χ4n) is 5.43. The molecule has 0 aliphatic carbocycles. The first-order chi connectivity index (χ1) is 21.9. The van der Waals surface area contributed by atoms with Gasteiger partial charge in [0.2, 0.25) is 15.9 Å². The van der Waals surface area contributed by atoms with Gasteiger partial charge in [0.05, 0.1) is 49.4 Å². The average Bonchev–Trinajstić information content (AvgIpc) is 3.62. The molecule has 13 nitrogen and oxygen atoms in total. The number of methoxy groups -OCH3 is 1. The Labute approximate surface area is 270 Å². The number of nitrogens with zero attached hydrogens (tertiary/aromatic N) is 2. The minimum Gasteiger partial charge on any atom is -0.497 e. The quantitative estimate of drug-likeness (QED) is 0.289. The Morgan fingerprint density at radius 1 is 1.00 bits per heavy atom. The Bertz CT molecular complexity index is 1390. The van der Waals surface area contributed by atoms with Gasteiger partial charge in [-0.15, -0.1) is 0 Å². The summed E-state index contributed by atoms with van der Waals surface area (Å²) in [6.45, 7) is 3.74. The van der Waals surface area contributed by atoms with Crippen LogP contribution in [-0.4, -0.2) is 119 Å². The highest BCUT2D eigenvalue weighted by atomic mass is 32.2. The van der Waals surface area contributed by atoms with Gasteiger partial charge in [-0.2, -0.15) is 4.31 Å². The summed E-state index contributed by atoms with van der Waals surface area (Å²) in [5.74, 6) is -0.189. The number of ether oxygens (including phenoxy) is 5. The smallest absolute Gasteiger partial charge is 0.407 e. The maximum Gasteiger partial charge on any atom is 0.407 e. The molecule has 2 saturated heterocycles. The summed E-state index contributed by atoms with van der Waals surface area (Å²) in [6, 6.07) is 14.4. The van der Waals surface area contributed by atoms with Crippen molar-refractivity contribution in [2.45, 2.75) is 55.8 Å². The number of likely N-dealkylation sites (N-methyl/N-ethyl adjacent to an activating group) is 1. The molecule has 0 bridgehead atoms. The van der Waals surface area contributed by atoms with E-state index in [2.05, 4.69) is 5.32 Å². The van der Waals surface area contributed by atoms with Crippen LogP contribution < -0.4 is 10.1 Å². The summed E-state index contributed by atoms with van der Waals surface area (Å²) in [5, 5.41) is 14.3. The number of fused-ring (bicyclic) bond motifs is 1. The maximum atomic E-state index is 13.7. The molecule has 2 amide bonds. The van der Waals surface area contributed by atoms with Crippen LogP contribution in [0.3, 0.4) is 0 Å². The maximum absolute atomic E-state index is 13.7. The Hall–Kier alpha value is -3.27. The van der Waals surface area contributed by atoms with Crippen LogP contribution in [0.15, 0.2) is 59.5 Å². The van der Waals surface area contributed by atoms with E-state index in [9.17, 15) is 23.1 Å². The fraction of sp³-hybridized carbons (Fsp3) is 0.562. The molecule has 14 heteroatoms. The van der Waals surface area contributed by atoms with Crippen LogP contribution in [0.25, 0.3) is 0 Å². The predicted octanol–water partition coefficient (Wildman–Crippen LogP) is 1.89. The Kier molecular flexibility index (Phi) is 12.4. The van der Waals surface area contributed by atoms with Gasteiger partial charge in [0, 0.05) is 27.2 Å². The van der Waals surface area contributed by atoms with Crippen molar-refractivity contribution in [2.24, 2.45) is 11.8 Å². The van der Waals surface area contributed by atoms with E-state index in [1.54, 1.807) is 26.2 Å².